The summed E-state index contributed by atoms with van der Waals surface area (Å²) in [5.74, 6) is 0.479. The van der Waals surface area contributed by atoms with Gasteiger partial charge in [0.1, 0.15) is 0 Å². The van der Waals surface area contributed by atoms with Crippen LogP contribution in [-0.4, -0.2) is 47.5 Å². The number of hydrogen-bond donors (Lipinski definition) is 3. The second kappa shape index (κ2) is 11.9. The number of benzene rings is 3. The van der Waals surface area contributed by atoms with Crippen molar-refractivity contribution in [2.75, 3.05) is 24.8 Å². The number of nitrogens with one attached hydrogen (secondary N) is 3. The molecule has 9 nitrogen and oxygen atoms in total. The van der Waals surface area contributed by atoms with Crippen molar-refractivity contribution in [3.05, 3.63) is 77.9 Å². The van der Waals surface area contributed by atoms with Gasteiger partial charge >= 0.3 is 0 Å². The van der Waals surface area contributed by atoms with Gasteiger partial charge in [0.25, 0.3) is 11.8 Å². The van der Waals surface area contributed by atoms with Crippen LogP contribution in [-0.2, 0) is 9.59 Å². The molecule has 0 spiro atoms. The van der Waals surface area contributed by atoms with Crippen molar-refractivity contribution in [3.63, 3.8) is 0 Å². The highest BCUT2D eigenvalue weighted by Gasteiger charge is 2.10. The van der Waals surface area contributed by atoms with E-state index in [-0.39, 0.29) is 24.2 Å². The number of amides is 2. The minimum absolute atomic E-state index is 0.165. The number of fused-ring (bicyclic) bond motifs is 1. The van der Waals surface area contributed by atoms with Gasteiger partial charge in [0.05, 0.1) is 30.1 Å². The Labute approximate surface area is 212 Å². The second-order valence-corrected chi connectivity index (χ2v) is 8.72. The van der Waals surface area contributed by atoms with Gasteiger partial charge in [-0.25, -0.2) is 10.4 Å². The van der Waals surface area contributed by atoms with E-state index in [1.807, 2.05) is 55.5 Å². The lowest BCUT2D eigenvalue weighted by atomic mass is 10.2. The molecule has 10 heteroatoms. The quantitative estimate of drug-likeness (QED) is 0.170. The standard InChI is InChI=1S/C26H25N5O4S/c1-17-6-5-7-19(12-17)28-24(32)15-35-22-11-10-18(13-23(22)34-2)14-27-31-25(33)16-36-26-29-20-8-3-4-9-21(20)30-26/h3-14H,15-16H2,1-2H3,(H,28,32)(H,29,30)(H,31,33)/b27-14+. The number of rotatable bonds is 10. The Hall–Kier alpha value is -4.31. The lowest BCUT2D eigenvalue weighted by Crippen LogP contribution is -2.20. The van der Waals surface area contributed by atoms with Crippen LogP contribution in [0, 0.1) is 6.92 Å². The first-order chi connectivity index (χ1) is 17.5. The largest absolute Gasteiger partial charge is 0.493 e. The smallest absolute Gasteiger partial charge is 0.262 e. The zero-order valence-corrected chi connectivity index (χ0v) is 20.6. The van der Waals surface area contributed by atoms with Gasteiger partial charge in [-0.2, -0.15) is 5.10 Å². The molecule has 0 aliphatic heterocycles. The second-order valence-electron chi connectivity index (χ2n) is 7.76. The number of thioether (sulfide) groups is 1. The zero-order chi connectivity index (χ0) is 25.3. The Morgan fingerprint density at radius 1 is 1.06 bits per heavy atom. The van der Waals surface area contributed by atoms with E-state index in [1.165, 1.54) is 25.1 Å². The van der Waals surface area contributed by atoms with E-state index in [9.17, 15) is 9.59 Å². The third-order valence-electron chi connectivity index (χ3n) is 4.96. The molecule has 0 aliphatic rings. The van der Waals surface area contributed by atoms with E-state index >= 15 is 0 Å². The molecule has 0 atom stereocenters. The minimum Gasteiger partial charge on any atom is -0.493 e. The monoisotopic (exact) mass is 503 g/mol. The Bertz CT molecular complexity index is 1370. The summed E-state index contributed by atoms with van der Waals surface area (Å²) in [6.07, 6.45) is 1.50. The van der Waals surface area contributed by atoms with Gasteiger partial charge in [-0.1, -0.05) is 36.0 Å². The molecule has 4 aromatic rings. The number of carbonyl (C=O) groups excluding carboxylic acids is 2. The molecule has 184 valence electrons. The summed E-state index contributed by atoms with van der Waals surface area (Å²) in [5.41, 5.74) is 6.72. The van der Waals surface area contributed by atoms with Crippen LogP contribution in [0.4, 0.5) is 5.69 Å². The van der Waals surface area contributed by atoms with Crippen molar-refractivity contribution in [3.8, 4) is 11.5 Å². The number of aryl methyl sites for hydroxylation is 1. The van der Waals surface area contributed by atoms with E-state index in [0.717, 1.165) is 16.6 Å². The van der Waals surface area contributed by atoms with Gasteiger partial charge in [0.15, 0.2) is 23.3 Å². The topological polar surface area (TPSA) is 118 Å². The number of carbonyl (C=O) groups is 2. The first kappa shape index (κ1) is 24.8. The molecule has 1 heterocycles. The molecule has 3 aromatic carbocycles. The molecule has 1 aromatic heterocycles. The fraction of sp³-hybridized carbons (Fsp3) is 0.154. The predicted molar refractivity (Wildman–Crippen MR) is 141 cm³/mol. The average molecular weight is 504 g/mol. The van der Waals surface area contributed by atoms with Gasteiger partial charge < -0.3 is 19.8 Å². The van der Waals surface area contributed by atoms with Crippen LogP contribution in [0.1, 0.15) is 11.1 Å². The first-order valence-electron chi connectivity index (χ1n) is 11.1. The van der Waals surface area contributed by atoms with Gasteiger partial charge in [-0.3, -0.25) is 9.59 Å². The predicted octanol–water partition coefficient (Wildman–Crippen LogP) is 4.14. The van der Waals surface area contributed by atoms with Crippen LogP contribution in [0.15, 0.2) is 77.0 Å². The van der Waals surface area contributed by atoms with Gasteiger partial charge in [0, 0.05) is 5.69 Å². The number of aromatic nitrogens is 2. The number of anilines is 1. The SMILES string of the molecule is COc1cc(/C=N/NC(=O)CSc2nc3ccccc3[nH]2)ccc1OCC(=O)Nc1cccc(C)c1. The lowest BCUT2D eigenvalue weighted by Gasteiger charge is -2.11. The molecule has 4 rings (SSSR count). The number of imidazole rings is 1. The van der Waals surface area contributed by atoms with E-state index < -0.39 is 0 Å². The summed E-state index contributed by atoms with van der Waals surface area (Å²) >= 11 is 1.30. The molecule has 0 radical (unpaired) electrons. The van der Waals surface area contributed by atoms with Crippen LogP contribution >= 0.6 is 11.8 Å². The van der Waals surface area contributed by atoms with Crippen LogP contribution < -0.4 is 20.2 Å². The number of H-pyrrole nitrogens is 1. The maximum atomic E-state index is 12.2. The first-order valence-corrected chi connectivity index (χ1v) is 12.1. The van der Waals surface area contributed by atoms with Crippen LogP contribution in [0.3, 0.4) is 0 Å². The summed E-state index contributed by atoms with van der Waals surface area (Å²) in [6.45, 7) is 1.78. The zero-order valence-electron chi connectivity index (χ0n) is 19.8. The number of nitrogens with zero attached hydrogens (tertiary/aromatic N) is 2. The lowest BCUT2D eigenvalue weighted by molar-refractivity contribution is -0.119. The molecule has 2 amide bonds. The molecular weight excluding hydrogens is 478 g/mol. The minimum atomic E-state index is -0.281. The summed E-state index contributed by atoms with van der Waals surface area (Å²) in [7, 11) is 1.51. The molecule has 0 saturated heterocycles. The highest BCUT2D eigenvalue weighted by atomic mass is 32.2. The van der Waals surface area contributed by atoms with Gasteiger partial charge in [0.2, 0.25) is 0 Å². The Morgan fingerprint density at radius 3 is 2.72 bits per heavy atom. The fourth-order valence-corrected chi connectivity index (χ4v) is 3.97. The highest BCUT2D eigenvalue weighted by molar-refractivity contribution is 7.99. The molecule has 0 aliphatic carbocycles. The van der Waals surface area contributed by atoms with Crippen molar-refractivity contribution < 1.29 is 19.1 Å². The number of ether oxygens (including phenoxy) is 2. The molecule has 3 N–H and O–H groups in total. The van der Waals surface area contributed by atoms with Crippen LogP contribution in [0.25, 0.3) is 11.0 Å². The molecule has 0 fully saturated rings. The van der Waals surface area contributed by atoms with Gasteiger partial charge in [-0.05, 0) is 60.5 Å². The third-order valence-corrected chi connectivity index (χ3v) is 5.83. The van der Waals surface area contributed by atoms with Gasteiger partial charge in [-0.15, -0.1) is 0 Å². The Kier molecular flexibility index (Phi) is 8.20. The Balaban J connectivity index is 1.26. The van der Waals surface area contributed by atoms with Crippen molar-refractivity contribution in [1.82, 2.24) is 15.4 Å². The number of methoxy groups -OCH3 is 1. The van der Waals surface area contributed by atoms with Crippen molar-refractivity contribution in [1.29, 1.82) is 0 Å². The number of para-hydroxylation sites is 2. The summed E-state index contributed by atoms with van der Waals surface area (Å²) < 4.78 is 11.0. The highest BCUT2D eigenvalue weighted by Crippen LogP contribution is 2.27. The number of aromatic amines is 1. The van der Waals surface area contributed by atoms with E-state index in [0.29, 0.717) is 27.9 Å². The van der Waals surface area contributed by atoms with E-state index in [2.05, 4.69) is 25.8 Å². The van der Waals surface area contributed by atoms with E-state index in [4.69, 9.17) is 9.47 Å². The van der Waals surface area contributed by atoms with Crippen LogP contribution in [0.2, 0.25) is 0 Å². The van der Waals surface area contributed by atoms with Crippen molar-refractivity contribution >= 4 is 46.5 Å². The molecule has 36 heavy (non-hydrogen) atoms. The summed E-state index contributed by atoms with van der Waals surface area (Å²) in [5, 5.41) is 7.46. The third kappa shape index (κ3) is 6.86. The number of hydrazone groups is 1. The van der Waals surface area contributed by atoms with Crippen molar-refractivity contribution in [2.24, 2.45) is 5.10 Å². The molecule has 0 saturated carbocycles. The molecule has 0 bridgehead atoms. The van der Waals surface area contributed by atoms with E-state index in [1.54, 1.807) is 18.2 Å². The summed E-state index contributed by atoms with van der Waals surface area (Å²) in [6, 6.07) is 20.3. The Morgan fingerprint density at radius 2 is 1.92 bits per heavy atom. The van der Waals surface area contributed by atoms with Crippen molar-refractivity contribution in [2.45, 2.75) is 12.1 Å². The normalized spacial score (nSPS) is 10.9. The maximum absolute atomic E-state index is 12.2. The maximum Gasteiger partial charge on any atom is 0.262 e. The summed E-state index contributed by atoms with van der Waals surface area (Å²) in [4.78, 5) is 31.9. The fourth-order valence-electron chi connectivity index (χ4n) is 3.29. The molecular formula is C26H25N5O4S. The van der Waals surface area contributed by atoms with Crippen LogP contribution in [0.5, 0.6) is 11.5 Å². The number of hydrogen-bond acceptors (Lipinski definition) is 7. The molecule has 0 unspecified atom stereocenters. The average Bonchev–Trinajstić information content (AvgIpc) is 3.30.